The van der Waals surface area contributed by atoms with E-state index in [1.54, 1.807) is 10.8 Å². The summed E-state index contributed by atoms with van der Waals surface area (Å²) in [6, 6.07) is 11.6. The molecule has 28 heavy (non-hydrogen) atoms. The van der Waals surface area contributed by atoms with E-state index in [4.69, 9.17) is 4.43 Å². The molecule has 1 aliphatic rings. The zero-order chi connectivity index (χ0) is 20.5. The molecule has 0 spiro atoms. The molecule has 0 aliphatic carbocycles. The zero-order valence-corrected chi connectivity index (χ0v) is 18.4. The molecule has 1 fully saturated rings. The molecule has 0 radical (unpaired) electrons. The quantitative estimate of drug-likeness (QED) is 0.782. The van der Waals surface area contributed by atoms with E-state index in [0.717, 1.165) is 13.1 Å². The van der Waals surface area contributed by atoms with Gasteiger partial charge < -0.3 is 4.43 Å². The van der Waals surface area contributed by atoms with Gasteiger partial charge in [-0.1, -0.05) is 51.1 Å². The summed E-state index contributed by atoms with van der Waals surface area (Å²) in [5, 5.41) is 0.0837. The summed E-state index contributed by atoms with van der Waals surface area (Å²) in [5.74, 6) is 0. The third-order valence-electron chi connectivity index (χ3n) is 6.02. The largest absolute Gasteiger partial charge is 0.410 e. The predicted octanol–water partition coefficient (Wildman–Crippen LogP) is 2.98. The standard InChI is InChI=1S/C21H31N3O3Si/c1-21(2,3)28(4,5)27-18-15-23(13-16-9-7-6-8-10-16)14-17(18)24-12-11-19(25)22-20(24)26/h6-12,17-18H,13-15H2,1-5H3,(H,22,25,26)/t17-,18+/m1/s1. The fourth-order valence-electron chi connectivity index (χ4n) is 3.43. The summed E-state index contributed by atoms with van der Waals surface area (Å²) in [7, 11) is -2.01. The number of nitrogens with one attached hydrogen (secondary N) is 1. The maximum absolute atomic E-state index is 12.4. The van der Waals surface area contributed by atoms with Crippen molar-refractivity contribution in [2.45, 2.75) is 57.6 Å². The van der Waals surface area contributed by atoms with Crippen molar-refractivity contribution in [3.05, 3.63) is 69.0 Å². The molecule has 1 saturated heterocycles. The lowest BCUT2D eigenvalue weighted by atomic mass is 10.2. The maximum Gasteiger partial charge on any atom is 0.328 e. The lowest BCUT2D eigenvalue weighted by Gasteiger charge is -2.39. The summed E-state index contributed by atoms with van der Waals surface area (Å²) in [6.45, 7) is 13.4. The Bertz CT molecular complexity index is 915. The first-order valence-corrected chi connectivity index (χ1v) is 12.7. The zero-order valence-electron chi connectivity index (χ0n) is 17.4. The summed E-state index contributed by atoms with van der Waals surface area (Å²) in [5.41, 5.74) is 0.494. The van der Waals surface area contributed by atoms with Crippen LogP contribution in [0.4, 0.5) is 0 Å². The van der Waals surface area contributed by atoms with Gasteiger partial charge in [0.05, 0.1) is 12.1 Å². The Morgan fingerprint density at radius 3 is 2.39 bits per heavy atom. The van der Waals surface area contributed by atoms with Gasteiger partial charge >= 0.3 is 5.69 Å². The SMILES string of the molecule is CC(C)(C)[Si](C)(C)O[C@H]1CN(Cc2ccccc2)C[C@H]1n1ccc(=O)[nH]c1=O. The second-order valence-corrected chi connectivity index (χ2v) is 13.9. The Labute approximate surface area is 167 Å². The molecule has 7 heteroatoms. The minimum Gasteiger partial charge on any atom is -0.410 e. The summed E-state index contributed by atoms with van der Waals surface area (Å²) < 4.78 is 8.36. The van der Waals surface area contributed by atoms with Crippen molar-refractivity contribution in [1.82, 2.24) is 14.5 Å². The first kappa shape index (κ1) is 20.8. The minimum atomic E-state index is -2.01. The number of H-pyrrole nitrogens is 1. The van der Waals surface area contributed by atoms with Gasteiger partial charge in [-0.05, 0) is 23.7 Å². The maximum atomic E-state index is 12.4. The molecule has 0 saturated carbocycles. The molecule has 2 heterocycles. The first-order valence-electron chi connectivity index (χ1n) is 9.82. The molecule has 1 aromatic heterocycles. The molecule has 1 aromatic carbocycles. The Morgan fingerprint density at radius 2 is 1.79 bits per heavy atom. The highest BCUT2D eigenvalue weighted by Crippen LogP contribution is 2.39. The third-order valence-corrected chi connectivity index (χ3v) is 10.5. The van der Waals surface area contributed by atoms with Crippen molar-refractivity contribution in [3.8, 4) is 0 Å². The molecule has 2 aromatic rings. The number of hydrogen-bond acceptors (Lipinski definition) is 4. The molecular formula is C21H31N3O3Si. The van der Waals surface area contributed by atoms with Crippen LogP contribution in [0.25, 0.3) is 0 Å². The van der Waals surface area contributed by atoms with Gasteiger partial charge in [-0.3, -0.25) is 19.2 Å². The molecule has 1 aliphatic heterocycles. The predicted molar refractivity (Wildman–Crippen MR) is 114 cm³/mol. The van der Waals surface area contributed by atoms with Crippen molar-refractivity contribution in [1.29, 1.82) is 0 Å². The van der Waals surface area contributed by atoms with E-state index in [1.807, 2.05) is 18.2 Å². The van der Waals surface area contributed by atoms with E-state index >= 15 is 0 Å². The van der Waals surface area contributed by atoms with E-state index in [2.05, 4.69) is 55.9 Å². The van der Waals surface area contributed by atoms with Gasteiger partial charge in [-0.25, -0.2) is 4.79 Å². The summed E-state index contributed by atoms with van der Waals surface area (Å²) in [6.07, 6.45) is 1.51. The van der Waals surface area contributed by atoms with Crippen LogP contribution in [0.1, 0.15) is 32.4 Å². The van der Waals surface area contributed by atoms with Crippen LogP contribution in [-0.4, -0.2) is 42.0 Å². The molecule has 152 valence electrons. The van der Waals surface area contributed by atoms with Gasteiger partial charge in [0.1, 0.15) is 0 Å². The Hall–Kier alpha value is -1.96. The van der Waals surface area contributed by atoms with Crippen LogP contribution in [-0.2, 0) is 11.0 Å². The molecule has 2 atom stereocenters. The lowest BCUT2D eigenvalue weighted by Crippen LogP contribution is -2.47. The first-order chi connectivity index (χ1) is 13.1. The summed E-state index contributed by atoms with van der Waals surface area (Å²) >= 11 is 0. The lowest BCUT2D eigenvalue weighted by molar-refractivity contribution is 0.149. The van der Waals surface area contributed by atoms with Crippen molar-refractivity contribution in [2.75, 3.05) is 13.1 Å². The van der Waals surface area contributed by atoms with Gasteiger partial charge in [-0.15, -0.1) is 0 Å². The van der Waals surface area contributed by atoms with Crippen LogP contribution in [0.15, 0.2) is 52.2 Å². The molecule has 6 nitrogen and oxygen atoms in total. The normalized spacial score (nSPS) is 21.2. The highest BCUT2D eigenvalue weighted by atomic mass is 28.4. The van der Waals surface area contributed by atoms with E-state index < -0.39 is 8.32 Å². The third kappa shape index (κ3) is 4.53. The second-order valence-electron chi connectivity index (χ2n) is 9.18. The minimum absolute atomic E-state index is 0.0837. The van der Waals surface area contributed by atoms with Crippen LogP contribution in [0.2, 0.25) is 18.1 Å². The van der Waals surface area contributed by atoms with Gasteiger partial charge in [0.25, 0.3) is 5.56 Å². The van der Waals surface area contributed by atoms with Crippen LogP contribution in [0, 0.1) is 0 Å². The van der Waals surface area contributed by atoms with Crippen LogP contribution < -0.4 is 11.2 Å². The van der Waals surface area contributed by atoms with E-state index in [0.29, 0.717) is 6.54 Å². The number of aromatic amines is 1. The number of nitrogens with zero attached hydrogens (tertiary/aromatic N) is 2. The van der Waals surface area contributed by atoms with Crippen molar-refractivity contribution in [3.63, 3.8) is 0 Å². The number of hydrogen-bond donors (Lipinski definition) is 1. The number of rotatable bonds is 5. The van der Waals surface area contributed by atoms with E-state index in [-0.39, 0.29) is 28.4 Å². The summed E-state index contributed by atoms with van der Waals surface area (Å²) in [4.78, 5) is 28.7. The molecule has 0 bridgehead atoms. The van der Waals surface area contributed by atoms with Gasteiger partial charge in [0.2, 0.25) is 0 Å². The average Bonchev–Trinajstić information content (AvgIpc) is 2.96. The smallest absolute Gasteiger partial charge is 0.328 e. The number of aromatic nitrogens is 2. The van der Waals surface area contributed by atoms with Crippen molar-refractivity contribution in [2.24, 2.45) is 0 Å². The molecule has 0 unspecified atom stereocenters. The Morgan fingerprint density at radius 1 is 1.11 bits per heavy atom. The van der Waals surface area contributed by atoms with E-state index in [9.17, 15) is 9.59 Å². The molecular weight excluding hydrogens is 370 g/mol. The highest BCUT2D eigenvalue weighted by Gasteiger charge is 2.44. The second kappa shape index (κ2) is 7.81. The topological polar surface area (TPSA) is 67.3 Å². The molecule has 0 amide bonds. The number of benzene rings is 1. The fourth-order valence-corrected chi connectivity index (χ4v) is 4.77. The van der Waals surface area contributed by atoms with Gasteiger partial charge in [0.15, 0.2) is 8.32 Å². The number of likely N-dealkylation sites (tertiary alicyclic amines) is 1. The Kier molecular flexibility index (Phi) is 5.79. The van der Waals surface area contributed by atoms with Crippen LogP contribution in [0.3, 0.4) is 0 Å². The fraction of sp³-hybridized carbons (Fsp3) is 0.524. The van der Waals surface area contributed by atoms with Crippen LogP contribution in [0.5, 0.6) is 0 Å². The molecule has 1 N–H and O–H groups in total. The van der Waals surface area contributed by atoms with Crippen molar-refractivity contribution < 1.29 is 4.43 Å². The monoisotopic (exact) mass is 401 g/mol. The highest BCUT2D eigenvalue weighted by molar-refractivity contribution is 6.74. The van der Waals surface area contributed by atoms with Crippen molar-refractivity contribution >= 4 is 8.32 Å². The van der Waals surface area contributed by atoms with Crippen LogP contribution >= 0.6 is 0 Å². The van der Waals surface area contributed by atoms with E-state index in [1.165, 1.54) is 11.6 Å². The van der Waals surface area contributed by atoms with Gasteiger partial charge in [0, 0.05) is 31.9 Å². The Balaban J connectivity index is 1.89. The average molecular weight is 402 g/mol. The van der Waals surface area contributed by atoms with Gasteiger partial charge in [-0.2, -0.15) is 0 Å². The molecule has 3 rings (SSSR count).